The third kappa shape index (κ3) is 9.16. The monoisotopic (exact) mass is 623 g/mol. The normalized spacial score (nSPS) is 33.9. The zero-order chi connectivity index (χ0) is 32.3. The molecule has 0 aliphatic heterocycles. The van der Waals surface area contributed by atoms with Gasteiger partial charge < -0.3 is 5.11 Å². The van der Waals surface area contributed by atoms with Crippen LogP contribution in [0.5, 0.6) is 0 Å². The van der Waals surface area contributed by atoms with E-state index in [-0.39, 0.29) is 22.7 Å². The van der Waals surface area contributed by atoms with E-state index in [9.17, 15) is 14.7 Å². The van der Waals surface area contributed by atoms with Crippen molar-refractivity contribution < 1.29 is 14.7 Å². The van der Waals surface area contributed by atoms with Crippen LogP contribution >= 0.6 is 0 Å². The molecule has 3 heteroatoms. The van der Waals surface area contributed by atoms with Crippen molar-refractivity contribution in [1.29, 1.82) is 0 Å². The summed E-state index contributed by atoms with van der Waals surface area (Å²) in [5.74, 6) is 2.92. The molecular weight excluding hydrogens is 552 g/mol. The number of fused-ring (bicyclic) bond motifs is 5. The van der Waals surface area contributed by atoms with Gasteiger partial charge in [-0.3, -0.25) is 4.79 Å². The van der Waals surface area contributed by atoms with Crippen molar-refractivity contribution in [3.8, 4) is 0 Å². The van der Waals surface area contributed by atoms with Crippen LogP contribution in [-0.4, -0.2) is 16.9 Å². The predicted octanol–water partition coefficient (Wildman–Crippen LogP) is 12.3. The van der Waals surface area contributed by atoms with Crippen molar-refractivity contribution in [2.45, 2.75) is 182 Å². The molecule has 0 spiro atoms. The van der Waals surface area contributed by atoms with E-state index < -0.39 is 5.97 Å². The number of ketones is 1. The smallest absolute Gasteiger partial charge is 0.339 e. The molecule has 0 radical (unpaired) electrons. The fourth-order valence-corrected chi connectivity index (χ4v) is 11.4. The summed E-state index contributed by atoms with van der Waals surface area (Å²) in [5.41, 5.74) is 0.901. The molecule has 8 atom stereocenters. The van der Waals surface area contributed by atoms with Crippen LogP contribution in [0.15, 0.2) is 23.8 Å². The Balaban J connectivity index is 1.18. The number of Topliss-reactive ketones (excluding diaryl/α,β-unsaturated/α-hetero) is 1. The minimum atomic E-state index is -1.02. The largest absolute Gasteiger partial charge is 0.478 e. The molecule has 0 bridgehead atoms. The maximum Gasteiger partial charge on any atom is 0.339 e. The van der Waals surface area contributed by atoms with E-state index in [1.54, 1.807) is 0 Å². The minimum Gasteiger partial charge on any atom is -0.478 e. The zero-order valence-corrected chi connectivity index (χ0v) is 29.9. The molecule has 0 heterocycles. The summed E-state index contributed by atoms with van der Waals surface area (Å²) in [6, 6.07) is 0. The predicted molar refractivity (Wildman–Crippen MR) is 189 cm³/mol. The van der Waals surface area contributed by atoms with E-state index >= 15 is 0 Å². The maximum atomic E-state index is 13.1. The van der Waals surface area contributed by atoms with Gasteiger partial charge in [0, 0.05) is 6.42 Å². The lowest BCUT2D eigenvalue weighted by molar-refractivity contribution is -0.134. The fourth-order valence-electron chi connectivity index (χ4n) is 11.4. The van der Waals surface area contributed by atoms with Crippen molar-refractivity contribution in [3.63, 3.8) is 0 Å². The number of carboxylic acid groups (broad SMARTS) is 1. The summed E-state index contributed by atoms with van der Waals surface area (Å²) in [6.45, 7) is 9.67. The summed E-state index contributed by atoms with van der Waals surface area (Å²) in [4.78, 5) is 25.4. The molecular formula is C42H70O3. The molecule has 0 aromatic rings. The van der Waals surface area contributed by atoms with Gasteiger partial charge in [-0.05, 0) is 130 Å². The van der Waals surface area contributed by atoms with Crippen LogP contribution in [0.4, 0.5) is 0 Å². The van der Waals surface area contributed by atoms with Gasteiger partial charge in [-0.25, -0.2) is 4.79 Å². The highest BCUT2D eigenvalue weighted by Crippen LogP contribution is 2.68. The Kier molecular flexibility index (Phi) is 14.3. The summed E-state index contributed by atoms with van der Waals surface area (Å²) in [7, 11) is 0. The number of carbonyl (C=O) groups is 2. The molecule has 0 aromatic heterocycles. The van der Waals surface area contributed by atoms with Crippen molar-refractivity contribution in [1.82, 2.24) is 0 Å². The highest BCUT2D eigenvalue weighted by Gasteiger charge is 2.60. The number of allylic oxidation sites excluding steroid dienone is 3. The number of unbranched alkanes of at least 4 members (excludes halogenated alkanes) is 11. The number of hydrogen-bond acceptors (Lipinski definition) is 2. The summed E-state index contributed by atoms with van der Waals surface area (Å²) in [5, 5.41) is 10.1. The van der Waals surface area contributed by atoms with Gasteiger partial charge in [0.1, 0.15) is 0 Å². The van der Waals surface area contributed by atoms with Gasteiger partial charge in [0.15, 0.2) is 5.78 Å². The summed E-state index contributed by atoms with van der Waals surface area (Å²) in [6.07, 6.45) is 36.6. The standard InChI is InChI=1S/C42H70O3/c1-5-6-7-8-9-10-11-12-13-14-15-16-17-18-19-23-39(43)35(40(44)45)31-32(2)36-26-27-37-34-25-24-33-22-20-21-29-41(33,3)38(34)28-30-42(36,37)4/h12-13,31-34,36-38H,5-11,14-30H2,1-4H3,(H,44,45)/b13-12-,35-31?/t32-,33?,34+,36-,37+,38+,41+,42-/m1/s1. The molecule has 4 fully saturated rings. The number of aliphatic carboxylic acids is 1. The molecule has 1 unspecified atom stereocenters. The third-order valence-corrected chi connectivity index (χ3v) is 13.9. The highest BCUT2D eigenvalue weighted by molar-refractivity contribution is 6.16. The Labute approximate surface area is 277 Å². The van der Waals surface area contributed by atoms with Gasteiger partial charge in [-0.15, -0.1) is 0 Å². The van der Waals surface area contributed by atoms with Gasteiger partial charge >= 0.3 is 5.97 Å². The zero-order valence-electron chi connectivity index (χ0n) is 29.9. The second kappa shape index (κ2) is 17.7. The van der Waals surface area contributed by atoms with Crippen LogP contribution in [0.2, 0.25) is 0 Å². The Bertz CT molecular complexity index is 994. The quantitative estimate of drug-likeness (QED) is 0.0512. The first-order chi connectivity index (χ1) is 21.7. The first-order valence-electron chi connectivity index (χ1n) is 19.9. The van der Waals surface area contributed by atoms with Gasteiger partial charge in [0.25, 0.3) is 0 Å². The average Bonchev–Trinajstić information content (AvgIpc) is 3.38. The fraction of sp³-hybridized carbons (Fsp3) is 0.857. The van der Waals surface area contributed by atoms with E-state index in [0.717, 1.165) is 49.4 Å². The number of rotatable bonds is 19. The molecule has 45 heavy (non-hydrogen) atoms. The van der Waals surface area contributed by atoms with E-state index in [1.807, 2.05) is 6.08 Å². The summed E-state index contributed by atoms with van der Waals surface area (Å²) >= 11 is 0. The second-order valence-electron chi connectivity index (χ2n) is 16.6. The van der Waals surface area contributed by atoms with Crippen LogP contribution in [-0.2, 0) is 9.59 Å². The molecule has 0 amide bonds. The van der Waals surface area contributed by atoms with Crippen LogP contribution < -0.4 is 0 Å². The molecule has 0 saturated heterocycles. The van der Waals surface area contributed by atoms with Crippen LogP contribution in [0.1, 0.15) is 182 Å². The van der Waals surface area contributed by atoms with E-state index in [0.29, 0.717) is 17.8 Å². The first-order valence-corrected chi connectivity index (χ1v) is 19.9. The highest BCUT2D eigenvalue weighted by atomic mass is 16.4. The molecule has 4 rings (SSSR count). The molecule has 256 valence electrons. The van der Waals surface area contributed by atoms with Gasteiger partial charge in [0.2, 0.25) is 0 Å². The molecule has 4 aliphatic rings. The number of hydrogen-bond donors (Lipinski definition) is 1. The van der Waals surface area contributed by atoms with Gasteiger partial charge in [-0.1, -0.05) is 110 Å². The van der Waals surface area contributed by atoms with Gasteiger partial charge in [-0.2, -0.15) is 0 Å². The number of carbonyl (C=O) groups excluding carboxylic acids is 1. The van der Waals surface area contributed by atoms with Crippen LogP contribution in [0.25, 0.3) is 0 Å². The third-order valence-electron chi connectivity index (χ3n) is 13.9. The van der Waals surface area contributed by atoms with Gasteiger partial charge in [0.05, 0.1) is 5.57 Å². The molecule has 3 nitrogen and oxygen atoms in total. The lowest BCUT2D eigenvalue weighted by atomic mass is 9.44. The number of carboxylic acids is 1. The van der Waals surface area contributed by atoms with E-state index in [4.69, 9.17) is 0 Å². The molecule has 4 aliphatic carbocycles. The second-order valence-corrected chi connectivity index (χ2v) is 16.6. The molecule has 0 aromatic carbocycles. The Morgan fingerprint density at radius 3 is 2.07 bits per heavy atom. The van der Waals surface area contributed by atoms with Crippen LogP contribution in [0.3, 0.4) is 0 Å². The average molecular weight is 623 g/mol. The van der Waals surface area contributed by atoms with Crippen LogP contribution in [0, 0.1) is 46.3 Å². The van der Waals surface area contributed by atoms with Crippen molar-refractivity contribution in [2.24, 2.45) is 46.3 Å². The lowest BCUT2D eigenvalue weighted by Gasteiger charge is -2.60. The van der Waals surface area contributed by atoms with Crippen molar-refractivity contribution in [3.05, 3.63) is 23.8 Å². The Morgan fingerprint density at radius 2 is 1.38 bits per heavy atom. The Morgan fingerprint density at radius 1 is 0.733 bits per heavy atom. The van der Waals surface area contributed by atoms with E-state index in [1.165, 1.54) is 122 Å². The topological polar surface area (TPSA) is 54.4 Å². The maximum absolute atomic E-state index is 13.1. The molecule has 1 N–H and O–H groups in total. The lowest BCUT2D eigenvalue weighted by Crippen LogP contribution is -2.53. The molecule has 4 saturated carbocycles. The van der Waals surface area contributed by atoms with E-state index in [2.05, 4.69) is 39.8 Å². The minimum absolute atomic E-state index is 0.0639. The Hall–Kier alpha value is -1.38. The van der Waals surface area contributed by atoms with Crippen molar-refractivity contribution in [2.75, 3.05) is 0 Å². The SMILES string of the molecule is CCCCCCCC/C=C\CCCCCCCC(=O)C(=C[C@@H](C)[C@H]1CC[C@H]2[C@@H]3CCC4CCCC[C@]4(C)[C@H]3CC[C@]12C)C(=O)O. The van der Waals surface area contributed by atoms with Crippen molar-refractivity contribution >= 4 is 11.8 Å². The summed E-state index contributed by atoms with van der Waals surface area (Å²) < 4.78 is 0. The first kappa shape index (κ1) is 36.5.